The molecule has 29 heavy (non-hydrogen) atoms. The van der Waals surface area contributed by atoms with Crippen molar-refractivity contribution in [2.75, 3.05) is 32.8 Å². The molecule has 1 amide bonds. The molecule has 1 saturated heterocycles. The summed E-state index contributed by atoms with van der Waals surface area (Å²) in [5, 5.41) is 0.623. The summed E-state index contributed by atoms with van der Waals surface area (Å²) < 4.78 is 32.6. The van der Waals surface area contributed by atoms with Crippen molar-refractivity contribution in [3.63, 3.8) is 0 Å². The van der Waals surface area contributed by atoms with Crippen LogP contribution in [0.2, 0.25) is 5.02 Å². The van der Waals surface area contributed by atoms with Crippen LogP contribution < -0.4 is 4.74 Å². The minimum absolute atomic E-state index is 0.00994. The van der Waals surface area contributed by atoms with Crippen LogP contribution in [0.5, 0.6) is 5.75 Å². The van der Waals surface area contributed by atoms with Gasteiger partial charge in [-0.2, -0.15) is 4.31 Å². The van der Waals surface area contributed by atoms with Gasteiger partial charge in [0.1, 0.15) is 12.4 Å². The molecule has 6 nitrogen and oxygen atoms in total. The number of carbonyl (C=O) groups excluding carboxylic acids is 1. The zero-order chi connectivity index (χ0) is 20.4. The first kappa shape index (κ1) is 20.2. The first-order valence-corrected chi connectivity index (χ1v) is 11.6. The van der Waals surface area contributed by atoms with Crippen molar-refractivity contribution >= 4 is 27.5 Å². The standard InChI is InChI=1S/C21H23ClN2O4S/c22-19-6-7-20-17(13-19)12-18(14-28-20)21(25)23-8-10-24(11-9-23)29(26,27)15-16-4-2-1-3-5-16/h1-7,13,18H,8-12,14-15H2/t18-/m1/s1. The monoisotopic (exact) mass is 434 g/mol. The maximum Gasteiger partial charge on any atom is 0.229 e. The van der Waals surface area contributed by atoms with E-state index in [1.165, 1.54) is 4.31 Å². The van der Waals surface area contributed by atoms with E-state index in [2.05, 4.69) is 0 Å². The molecule has 0 radical (unpaired) electrons. The molecule has 2 heterocycles. The average Bonchev–Trinajstić information content (AvgIpc) is 2.73. The van der Waals surface area contributed by atoms with E-state index in [4.69, 9.17) is 16.3 Å². The lowest BCUT2D eigenvalue weighted by Gasteiger charge is -2.36. The Balaban J connectivity index is 1.35. The van der Waals surface area contributed by atoms with Crippen molar-refractivity contribution in [2.45, 2.75) is 12.2 Å². The highest BCUT2D eigenvalue weighted by Gasteiger charge is 2.34. The second kappa shape index (κ2) is 8.34. The second-order valence-corrected chi connectivity index (χ2v) is 9.84. The number of carbonyl (C=O) groups is 1. The molecule has 1 atom stereocenters. The van der Waals surface area contributed by atoms with Gasteiger partial charge in [-0.15, -0.1) is 0 Å². The minimum atomic E-state index is -3.40. The quantitative estimate of drug-likeness (QED) is 0.741. The summed E-state index contributed by atoms with van der Waals surface area (Å²) in [6.07, 6.45) is 0.585. The van der Waals surface area contributed by atoms with Gasteiger partial charge >= 0.3 is 0 Å². The SMILES string of the molecule is O=C([C@H]1COc2ccc(Cl)cc2C1)N1CCN(S(=O)(=O)Cc2ccccc2)CC1. The average molecular weight is 435 g/mol. The highest BCUT2D eigenvalue weighted by atomic mass is 35.5. The molecule has 0 N–H and O–H groups in total. The van der Waals surface area contributed by atoms with Crippen molar-refractivity contribution in [1.29, 1.82) is 0 Å². The van der Waals surface area contributed by atoms with Gasteiger partial charge in [-0.25, -0.2) is 8.42 Å². The maximum absolute atomic E-state index is 12.9. The number of benzene rings is 2. The van der Waals surface area contributed by atoms with Crippen LogP contribution in [0, 0.1) is 5.92 Å². The lowest BCUT2D eigenvalue weighted by atomic mass is 9.95. The van der Waals surface area contributed by atoms with Gasteiger partial charge in [0.15, 0.2) is 0 Å². The Kier molecular flexibility index (Phi) is 5.81. The normalized spacial score (nSPS) is 20.0. The summed E-state index contributed by atoms with van der Waals surface area (Å²) in [6, 6.07) is 14.6. The lowest BCUT2D eigenvalue weighted by Crippen LogP contribution is -2.53. The van der Waals surface area contributed by atoms with Gasteiger partial charge in [0.25, 0.3) is 0 Å². The summed E-state index contributed by atoms with van der Waals surface area (Å²) in [5.41, 5.74) is 1.70. The topological polar surface area (TPSA) is 66.9 Å². The zero-order valence-electron chi connectivity index (χ0n) is 16.0. The highest BCUT2D eigenvalue weighted by Crippen LogP contribution is 2.30. The number of ether oxygens (including phenoxy) is 1. The Hall–Kier alpha value is -2.09. The third-order valence-electron chi connectivity index (χ3n) is 5.41. The van der Waals surface area contributed by atoms with E-state index >= 15 is 0 Å². The van der Waals surface area contributed by atoms with Crippen molar-refractivity contribution in [3.05, 3.63) is 64.7 Å². The summed E-state index contributed by atoms with van der Waals surface area (Å²) in [6.45, 7) is 1.76. The summed E-state index contributed by atoms with van der Waals surface area (Å²) in [7, 11) is -3.40. The highest BCUT2D eigenvalue weighted by molar-refractivity contribution is 7.88. The number of piperazine rings is 1. The van der Waals surface area contributed by atoms with Gasteiger partial charge < -0.3 is 9.64 Å². The molecule has 2 aliphatic rings. The largest absolute Gasteiger partial charge is 0.492 e. The van der Waals surface area contributed by atoms with Crippen LogP contribution in [-0.4, -0.2) is 56.3 Å². The van der Waals surface area contributed by atoms with Crippen LogP contribution >= 0.6 is 11.6 Å². The van der Waals surface area contributed by atoms with Crippen LogP contribution in [0.1, 0.15) is 11.1 Å². The van der Waals surface area contributed by atoms with Crippen LogP contribution in [0.15, 0.2) is 48.5 Å². The summed E-state index contributed by atoms with van der Waals surface area (Å²) in [5.74, 6) is 0.495. The van der Waals surface area contributed by atoms with E-state index in [0.717, 1.165) is 16.9 Å². The Labute approximate surface area is 176 Å². The minimum Gasteiger partial charge on any atom is -0.492 e. The Morgan fingerprint density at radius 1 is 1.07 bits per heavy atom. The fraction of sp³-hybridized carbons (Fsp3) is 0.381. The van der Waals surface area contributed by atoms with E-state index < -0.39 is 10.0 Å². The van der Waals surface area contributed by atoms with Gasteiger partial charge in [0.2, 0.25) is 15.9 Å². The third-order valence-corrected chi connectivity index (χ3v) is 7.50. The number of halogens is 1. The molecule has 1 fully saturated rings. The number of fused-ring (bicyclic) bond motifs is 1. The molecule has 2 aromatic carbocycles. The first-order valence-electron chi connectivity index (χ1n) is 9.64. The molecular formula is C21H23ClN2O4S. The lowest BCUT2D eigenvalue weighted by molar-refractivity contribution is -0.138. The molecule has 0 aliphatic carbocycles. The molecule has 0 bridgehead atoms. The Morgan fingerprint density at radius 3 is 2.52 bits per heavy atom. The molecule has 8 heteroatoms. The maximum atomic E-state index is 12.9. The van der Waals surface area contributed by atoms with E-state index in [-0.39, 0.29) is 17.6 Å². The van der Waals surface area contributed by atoms with E-state index in [9.17, 15) is 13.2 Å². The Bertz CT molecular complexity index is 989. The van der Waals surface area contributed by atoms with Crippen LogP contribution in [0.25, 0.3) is 0 Å². The van der Waals surface area contributed by atoms with Crippen LogP contribution in [-0.2, 0) is 27.0 Å². The van der Waals surface area contributed by atoms with Gasteiger partial charge in [-0.3, -0.25) is 4.79 Å². The number of amides is 1. The van der Waals surface area contributed by atoms with Crippen molar-refractivity contribution < 1.29 is 17.9 Å². The molecular weight excluding hydrogens is 412 g/mol. The molecule has 2 aliphatic heterocycles. The van der Waals surface area contributed by atoms with Gasteiger partial charge in [0.05, 0.1) is 11.7 Å². The number of rotatable bonds is 4. The van der Waals surface area contributed by atoms with Crippen LogP contribution in [0.3, 0.4) is 0 Å². The second-order valence-electron chi connectivity index (χ2n) is 7.43. The van der Waals surface area contributed by atoms with E-state index in [0.29, 0.717) is 44.2 Å². The summed E-state index contributed by atoms with van der Waals surface area (Å²) >= 11 is 6.06. The molecule has 0 spiro atoms. The molecule has 2 aromatic rings. The summed E-state index contributed by atoms with van der Waals surface area (Å²) in [4.78, 5) is 14.7. The number of sulfonamides is 1. The van der Waals surface area contributed by atoms with Gasteiger partial charge in [-0.05, 0) is 35.7 Å². The predicted octanol–water partition coefficient (Wildman–Crippen LogP) is 2.57. The first-order chi connectivity index (χ1) is 13.9. The number of nitrogens with zero attached hydrogens (tertiary/aromatic N) is 2. The smallest absolute Gasteiger partial charge is 0.229 e. The van der Waals surface area contributed by atoms with Crippen molar-refractivity contribution in [3.8, 4) is 5.75 Å². The van der Waals surface area contributed by atoms with E-state index in [1.54, 1.807) is 11.0 Å². The zero-order valence-corrected chi connectivity index (χ0v) is 17.5. The molecule has 154 valence electrons. The molecule has 0 aromatic heterocycles. The van der Waals surface area contributed by atoms with Crippen molar-refractivity contribution in [2.24, 2.45) is 5.92 Å². The number of hydrogen-bond acceptors (Lipinski definition) is 4. The van der Waals surface area contributed by atoms with Gasteiger partial charge in [0, 0.05) is 31.2 Å². The van der Waals surface area contributed by atoms with Crippen molar-refractivity contribution in [1.82, 2.24) is 9.21 Å². The third kappa shape index (κ3) is 4.57. The molecule has 4 rings (SSSR count). The predicted molar refractivity (Wildman–Crippen MR) is 111 cm³/mol. The van der Waals surface area contributed by atoms with Crippen LogP contribution in [0.4, 0.5) is 0 Å². The Morgan fingerprint density at radius 2 is 1.79 bits per heavy atom. The van der Waals surface area contributed by atoms with E-state index in [1.807, 2.05) is 42.5 Å². The fourth-order valence-electron chi connectivity index (χ4n) is 3.84. The van der Waals surface area contributed by atoms with Gasteiger partial charge in [-0.1, -0.05) is 41.9 Å². The number of hydrogen-bond donors (Lipinski definition) is 0. The molecule has 0 saturated carbocycles. The molecule has 0 unspecified atom stereocenters. The fourth-order valence-corrected chi connectivity index (χ4v) is 5.55.